The van der Waals surface area contributed by atoms with Crippen molar-refractivity contribution in [1.29, 1.82) is 0 Å². The van der Waals surface area contributed by atoms with Crippen molar-refractivity contribution < 1.29 is 31.5 Å². The molecule has 1 N–H and O–H groups in total. The lowest BCUT2D eigenvalue weighted by atomic mass is 9.75. The molecule has 0 saturated carbocycles. The summed E-state index contributed by atoms with van der Waals surface area (Å²) in [5.74, 6) is -1.05. The van der Waals surface area contributed by atoms with E-state index in [2.05, 4.69) is 0 Å². The van der Waals surface area contributed by atoms with Gasteiger partial charge in [-0.3, -0.25) is 0 Å². The number of hydrogen-bond acceptors (Lipinski definition) is 3. The fourth-order valence-electron chi connectivity index (χ4n) is 3.34. The van der Waals surface area contributed by atoms with Crippen molar-refractivity contribution in [2.75, 3.05) is 0 Å². The molecule has 2 aromatic rings. The van der Waals surface area contributed by atoms with Crippen molar-refractivity contribution in [1.82, 2.24) is 0 Å². The number of allylic oxidation sites excluding steroid dienone is 1. The fraction of sp³-hybridized carbons (Fsp3) is 0.227. The summed E-state index contributed by atoms with van der Waals surface area (Å²) >= 11 is 0. The summed E-state index contributed by atoms with van der Waals surface area (Å²) in [5.41, 5.74) is -3.95. The highest BCUT2D eigenvalue weighted by molar-refractivity contribution is 8.01. The maximum atomic E-state index is 13.2. The predicted octanol–water partition coefficient (Wildman–Crippen LogP) is 5.51. The summed E-state index contributed by atoms with van der Waals surface area (Å²) in [6, 6.07) is 10.9. The molecule has 0 atom stereocenters. The number of benzene rings is 2. The molecule has 0 heterocycles. The number of carboxylic acid groups (broad SMARTS) is 1. The topological polar surface area (TPSA) is 71.4 Å². The summed E-state index contributed by atoms with van der Waals surface area (Å²) in [6.07, 6.45) is 4.62. The quantitative estimate of drug-likeness (QED) is 0.642. The van der Waals surface area contributed by atoms with E-state index in [0.717, 1.165) is 6.08 Å². The molecule has 0 amide bonds. The van der Waals surface area contributed by atoms with Gasteiger partial charge in [0.25, 0.3) is 9.84 Å². The Morgan fingerprint density at radius 2 is 1.60 bits per heavy atom. The van der Waals surface area contributed by atoms with Crippen LogP contribution in [0, 0.1) is 0 Å². The second kappa shape index (κ2) is 7.43. The van der Waals surface area contributed by atoms with Crippen LogP contribution in [-0.4, -0.2) is 25.0 Å². The van der Waals surface area contributed by atoms with Crippen LogP contribution in [0.2, 0.25) is 0 Å². The van der Waals surface area contributed by atoms with Gasteiger partial charge in [0.2, 0.25) is 0 Å². The SMILES string of the molecule is CC1(C)CC=C(S(=O)(=O)C(F)(F)F)c2cc(/C=C/c3ccc(C(=O)O)cc3)ccc21. The first-order valence-corrected chi connectivity index (χ1v) is 10.5. The lowest BCUT2D eigenvalue weighted by Crippen LogP contribution is -2.29. The summed E-state index contributed by atoms with van der Waals surface area (Å²) in [4.78, 5) is 10.2. The Balaban J connectivity index is 2.03. The molecule has 2 aromatic carbocycles. The van der Waals surface area contributed by atoms with Gasteiger partial charge < -0.3 is 5.11 Å². The predicted molar refractivity (Wildman–Crippen MR) is 109 cm³/mol. The van der Waals surface area contributed by atoms with Crippen LogP contribution in [0.1, 0.15) is 52.9 Å². The van der Waals surface area contributed by atoms with Gasteiger partial charge in [0.15, 0.2) is 0 Å². The zero-order chi connectivity index (χ0) is 22.3. The average Bonchev–Trinajstić information content (AvgIpc) is 2.65. The van der Waals surface area contributed by atoms with Crippen LogP contribution in [0.3, 0.4) is 0 Å². The monoisotopic (exact) mass is 436 g/mol. The number of carboxylic acids is 1. The normalized spacial score (nSPS) is 16.2. The second-order valence-electron chi connectivity index (χ2n) is 7.67. The molecule has 0 saturated heterocycles. The Kier molecular flexibility index (Phi) is 5.41. The molecule has 1 aliphatic rings. The van der Waals surface area contributed by atoms with E-state index < -0.39 is 31.6 Å². The van der Waals surface area contributed by atoms with Gasteiger partial charge in [-0.2, -0.15) is 13.2 Å². The van der Waals surface area contributed by atoms with Crippen LogP contribution in [0.25, 0.3) is 17.1 Å². The first-order chi connectivity index (χ1) is 13.8. The molecular formula is C22H19F3O4S. The maximum absolute atomic E-state index is 13.2. The first-order valence-electron chi connectivity index (χ1n) is 9.01. The lowest BCUT2D eigenvalue weighted by Gasteiger charge is -2.32. The van der Waals surface area contributed by atoms with Gasteiger partial charge >= 0.3 is 11.5 Å². The smallest absolute Gasteiger partial charge is 0.478 e. The van der Waals surface area contributed by atoms with Crippen molar-refractivity contribution in [3.8, 4) is 0 Å². The Bertz CT molecular complexity index is 1160. The van der Waals surface area contributed by atoms with Gasteiger partial charge in [0.05, 0.1) is 10.5 Å². The third-order valence-electron chi connectivity index (χ3n) is 5.06. The molecule has 4 nitrogen and oxygen atoms in total. The molecule has 1 aliphatic carbocycles. The number of rotatable bonds is 4. The van der Waals surface area contributed by atoms with E-state index in [1.807, 2.05) is 13.8 Å². The number of carbonyl (C=O) groups is 1. The molecular weight excluding hydrogens is 417 g/mol. The van der Waals surface area contributed by atoms with Crippen LogP contribution in [0.15, 0.2) is 48.5 Å². The molecule has 0 radical (unpaired) electrons. The second-order valence-corrected chi connectivity index (χ2v) is 9.58. The van der Waals surface area contributed by atoms with Gasteiger partial charge in [0, 0.05) is 0 Å². The van der Waals surface area contributed by atoms with Crippen molar-refractivity contribution >= 4 is 32.9 Å². The molecule has 0 aromatic heterocycles. The summed E-state index contributed by atoms with van der Waals surface area (Å²) < 4.78 is 63.7. The van der Waals surface area contributed by atoms with Gasteiger partial charge in [0.1, 0.15) is 0 Å². The van der Waals surface area contributed by atoms with Crippen LogP contribution >= 0.6 is 0 Å². The number of fused-ring (bicyclic) bond motifs is 1. The summed E-state index contributed by atoms with van der Waals surface area (Å²) in [5, 5.41) is 8.93. The van der Waals surface area contributed by atoms with E-state index in [-0.39, 0.29) is 17.5 Å². The number of aromatic carboxylic acids is 1. The lowest BCUT2D eigenvalue weighted by molar-refractivity contribution is -0.0420. The average molecular weight is 436 g/mol. The van der Waals surface area contributed by atoms with Crippen LogP contribution < -0.4 is 0 Å². The first kappa shape index (κ1) is 21.8. The zero-order valence-corrected chi connectivity index (χ0v) is 17.0. The molecule has 0 fully saturated rings. The highest BCUT2D eigenvalue weighted by Gasteiger charge is 2.50. The molecule has 158 valence electrons. The zero-order valence-electron chi connectivity index (χ0n) is 16.2. The Hall–Kier alpha value is -2.87. The van der Waals surface area contributed by atoms with E-state index in [4.69, 9.17) is 5.11 Å². The third kappa shape index (κ3) is 4.05. The molecule has 8 heteroatoms. The largest absolute Gasteiger partial charge is 0.501 e. The van der Waals surface area contributed by atoms with Crippen molar-refractivity contribution in [2.24, 2.45) is 0 Å². The van der Waals surface area contributed by atoms with Crippen LogP contribution in [0.5, 0.6) is 0 Å². The van der Waals surface area contributed by atoms with E-state index in [1.54, 1.807) is 36.4 Å². The molecule has 3 rings (SSSR count). The van der Waals surface area contributed by atoms with E-state index in [9.17, 15) is 26.4 Å². The Morgan fingerprint density at radius 1 is 1.03 bits per heavy atom. The number of alkyl halides is 3. The van der Waals surface area contributed by atoms with Gasteiger partial charge in [-0.15, -0.1) is 0 Å². The summed E-state index contributed by atoms with van der Waals surface area (Å²) in [7, 11) is -5.48. The Morgan fingerprint density at radius 3 is 2.17 bits per heavy atom. The van der Waals surface area contributed by atoms with E-state index in [0.29, 0.717) is 16.7 Å². The van der Waals surface area contributed by atoms with Gasteiger partial charge in [-0.1, -0.05) is 56.3 Å². The minimum atomic E-state index is -5.48. The molecule has 30 heavy (non-hydrogen) atoms. The summed E-state index contributed by atoms with van der Waals surface area (Å²) in [6.45, 7) is 3.69. The molecule has 0 spiro atoms. The third-order valence-corrected chi connectivity index (χ3v) is 6.63. The molecule has 0 bridgehead atoms. The fourth-order valence-corrected chi connectivity index (χ4v) is 4.35. The van der Waals surface area contributed by atoms with Crippen LogP contribution in [-0.2, 0) is 15.3 Å². The number of halogens is 3. The van der Waals surface area contributed by atoms with Gasteiger partial charge in [-0.05, 0) is 52.3 Å². The van der Waals surface area contributed by atoms with E-state index in [1.165, 1.54) is 18.2 Å². The maximum Gasteiger partial charge on any atom is 0.501 e. The van der Waals surface area contributed by atoms with Gasteiger partial charge in [-0.25, -0.2) is 13.2 Å². The Labute approximate surface area is 172 Å². The van der Waals surface area contributed by atoms with Crippen molar-refractivity contribution in [2.45, 2.75) is 31.2 Å². The van der Waals surface area contributed by atoms with E-state index >= 15 is 0 Å². The minimum Gasteiger partial charge on any atom is -0.478 e. The standard InChI is InChI=1S/C22H19F3O4S/c1-21(2)12-11-19(30(28,29)22(23,24)25)17-13-15(7-10-18(17)21)4-3-14-5-8-16(9-6-14)20(26)27/h3-11,13H,12H2,1-2H3,(H,26,27)/b4-3+. The van der Waals surface area contributed by atoms with Crippen molar-refractivity contribution in [3.63, 3.8) is 0 Å². The van der Waals surface area contributed by atoms with Crippen molar-refractivity contribution in [3.05, 3.63) is 76.4 Å². The van der Waals surface area contributed by atoms with Crippen LogP contribution in [0.4, 0.5) is 13.2 Å². The minimum absolute atomic E-state index is 0.0481. The number of sulfone groups is 1. The molecule has 0 unspecified atom stereocenters. The molecule has 0 aliphatic heterocycles. The number of hydrogen-bond donors (Lipinski definition) is 1. The highest BCUT2D eigenvalue weighted by Crippen LogP contribution is 2.45. The highest BCUT2D eigenvalue weighted by atomic mass is 32.2.